The molecule has 1 unspecified atom stereocenters. The Morgan fingerprint density at radius 2 is 2.00 bits per heavy atom. The molecule has 1 aromatic rings. The predicted octanol–water partition coefficient (Wildman–Crippen LogP) is 2.41. The largest absolute Gasteiger partial charge is 0.398 e. The Kier molecular flexibility index (Phi) is 5.07. The van der Waals surface area contributed by atoms with Crippen molar-refractivity contribution < 1.29 is 8.42 Å². The molecule has 0 aromatic heterocycles. The van der Waals surface area contributed by atoms with E-state index in [4.69, 9.17) is 5.73 Å². The first-order valence-electron chi connectivity index (χ1n) is 5.77. The molecule has 0 bridgehead atoms. The van der Waals surface area contributed by atoms with Crippen LogP contribution in [0.1, 0.15) is 20.3 Å². The minimum Gasteiger partial charge on any atom is -0.398 e. The highest BCUT2D eigenvalue weighted by atomic mass is 32.2. The first-order valence-corrected chi connectivity index (χ1v) is 8.09. The summed E-state index contributed by atoms with van der Waals surface area (Å²) < 4.78 is 25.1. The number of nitrogens with zero attached hydrogens (tertiary/aromatic N) is 1. The standard InChI is InChI=1S/C12H20N2O2S2/c1-5-9(2)17-12-7-6-10(8-11(12)13)18(15,16)14(3)4/h6-9H,5,13H2,1-4H3. The molecule has 4 nitrogen and oxygen atoms in total. The van der Waals surface area contributed by atoms with Crippen LogP contribution in [0.5, 0.6) is 0 Å². The fraction of sp³-hybridized carbons (Fsp3) is 0.500. The normalized spacial score (nSPS) is 13.8. The minimum atomic E-state index is -3.41. The maximum Gasteiger partial charge on any atom is 0.242 e. The lowest BCUT2D eigenvalue weighted by atomic mass is 10.3. The number of benzene rings is 1. The van der Waals surface area contributed by atoms with Gasteiger partial charge in [0, 0.05) is 29.9 Å². The zero-order valence-electron chi connectivity index (χ0n) is 11.2. The van der Waals surface area contributed by atoms with E-state index in [0.29, 0.717) is 10.9 Å². The van der Waals surface area contributed by atoms with Gasteiger partial charge in [0.1, 0.15) is 0 Å². The number of nitrogens with two attached hydrogens (primary N) is 1. The summed E-state index contributed by atoms with van der Waals surface area (Å²) in [4.78, 5) is 1.17. The van der Waals surface area contributed by atoms with Crippen molar-refractivity contribution in [3.63, 3.8) is 0 Å². The van der Waals surface area contributed by atoms with Crippen molar-refractivity contribution in [3.8, 4) is 0 Å². The van der Waals surface area contributed by atoms with E-state index in [1.54, 1.807) is 23.9 Å². The molecule has 0 aliphatic carbocycles. The van der Waals surface area contributed by atoms with Crippen LogP contribution in [0.15, 0.2) is 28.0 Å². The molecule has 0 radical (unpaired) electrons. The third-order valence-corrected chi connectivity index (χ3v) is 5.84. The fourth-order valence-corrected chi connectivity index (χ4v) is 3.18. The zero-order chi connectivity index (χ0) is 13.9. The average Bonchev–Trinajstić information content (AvgIpc) is 2.31. The van der Waals surface area contributed by atoms with Crippen molar-refractivity contribution in [1.29, 1.82) is 0 Å². The van der Waals surface area contributed by atoms with Crippen LogP contribution >= 0.6 is 11.8 Å². The predicted molar refractivity (Wildman–Crippen MR) is 77.3 cm³/mol. The molecule has 2 N–H and O–H groups in total. The third kappa shape index (κ3) is 3.40. The molecule has 0 aliphatic heterocycles. The number of thioether (sulfide) groups is 1. The summed E-state index contributed by atoms with van der Waals surface area (Å²) in [6, 6.07) is 4.92. The van der Waals surface area contributed by atoms with E-state index in [1.807, 2.05) is 0 Å². The molecular weight excluding hydrogens is 268 g/mol. The van der Waals surface area contributed by atoms with Gasteiger partial charge in [-0.1, -0.05) is 13.8 Å². The van der Waals surface area contributed by atoms with Gasteiger partial charge in [0.05, 0.1) is 4.90 Å². The smallest absolute Gasteiger partial charge is 0.242 e. The third-order valence-electron chi connectivity index (χ3n) is 2.66. The van der Waals surface area contributed by atoms with Crippen LogP contribution in [0.2, 0.25) is 0 Å². The number of nitrogen functional groups attached to an aromatic ring is 1. The van der Waals surface area contributed by atoms with E-state index in [9.17, 15) is 8.42 Å². The molecule has 0 heterocycles. The topological polar surface area (TPSA) is 63.4 Å². The molecule has 102 valence electrons. The second-order valence-corrected chi connectivity index (χ2v) is 7.96. The van der Waals surface area contributed by atoms with Gasteiger partial charge in [-0.05, 0) is 24.6 Å². The highest BCUT2D eigenvalue weighted by molar-refractivity contribution is 8.00. The number of hydrogen-bond acceptors (Lipinski definition) is 4. The average molecular weight is 288 g/mol. The highest BCUT2D eigenvalue weighted by Gasteiger charge is 2.18. The van der Waals surface area contributed by atoms with Gasteiger partial charge in [-0.3, -0.25) is 0 Å². The van der Waals surface area contributed by atoms with Crippen LogP contribution < -0.4 is 5.73 Å². The lowest BCUT2D eigenvalue weighted by Crippen LogP contribution is -2.22. The van der Waals surface area contributed by atoms with Crippen molar-refractivity contribution >= 4 is 27.5 Å². The van der Waals surface area contributed by atoms with Crippen molar-refractivity contribution in [2.45, 2.75) is 35.3 Å². The molecule has 0 fully saturated rings. The zero-order valence-corrected chi connectivity index (χ0v) is 12.8. The highest BCUT2D eigenvalue weighted by Crippen LogP contribution is 2.31. The van der Waals surface area contributed by atoms with E-state index >= 15 is 0 Å². The fourth-order valence-electron chi connectivity index (χ4n) is 1.31. The summed E-state index contributed by atoms with van der Waals surface area (Å²) in [5, 5.41) is 0.462. The van der Waals surface area contributed by atoms with Crippen molar-refractivity contribution in [2.75, 3.05) is 19.8 Å². The lowest BCUT2D eigenvalue weighted by molar-refractivity contribution is 0.520. The monoisotopic (exact) mass is 288 g/mol. The van der Waals surface area contributed by atoms with Gasteiger partial charge in [0.2, 0.25) is 10.0 Å². The molecule has 0 saturated heterocycles. The van der Waals surface area contributed by atoms with E-state index in [2.05, 4.69) is 13.8 Å². The van der Waals surface area contributed by atoms with E-state index in [0.717, 1.165) is 11.3 Å². The Morgan fingerprint density at radius 3 is 2.44 bits per heavy atom. The number of sulfonamides is 1. The van der Waals surface area contributed by atoms with Crippen LogP contribution in [0.25, 0.3) is 0 Å². The van der Waals surface area contributed by atoms with Gasteiger partial charge in [-0.15, -0.1) is 11.8 Å². The van der Waals surface area contributed by atoms with Crippen LogP contribution in [0.4, 0.5) is 5.69 Å². The minimum absolute atomic E-state index is 0.235. The van der Waals surface area contributed by atoms with Crippen LogP contribution in [0.3, 0.4) is 0 Å². The quantitative estimate of drug-likeness (QED) is 0.667. The number of hydrogen-bond donors (Lipinski definition) is 1. The maximum atomic E-state index is 11.9. The Labute approximate surface area is 114 Å². The Hall–Kier alpha value is -0.720. The number of anilines is 1. The molecule has 6 heteroatoms. The molecule has 1 aromatic carbocycles. The maximum absolute atomic E-state index is 11.9. The van der Waals surface area contributed by atoms with Crippen LogP contribution in [-0.2, 0) is 10.0 Å². The van der Waals surface area contributed by atoms with Crippen molar-refractivity contribution in [3.05, 3.63) is 18.2 Å². The summed E-state index contributed by atoms with van der Waals surface area (Å²) in [5.74, 6) is 0. The summed E-state index contributed by atoms with van der Waals surface area (Å²) in [7, 11) is -0.392. The van der Waals surface area contributed by atoms with Gasteiger partial charge >= 0.3 is 0 Å². The SMILES string of the molecule is CCC(C)Sc1ccc(S(=O)(=O)N(C)C)cc1N. The molecule has 0 amide bonds. The van der Waals surface area contributed by atoms with Gasteiger partial charge in [-0.2, -0.15) is 0 Å². The van der Waals surface area contributed by atoms with E-state index in [-0.39, 0.29) is 4.90 Å². The molecule has 18 heavy (non-hydrogen) atoms. The summed E-state index contributed by atoms with van der Waals surface area (Å²) in [5.41, 5.74) is 6.43. The first kappa shape index (κ1) is 15.3. The van der Waals surface area contributed by atoms with Crippen LogP contribution in [0, 0.1) is 0 Å². The molecule has 1 atom stereocenters. The molecule has 0 aliphatic rings. The van der Waals surface area contributed by atoms with Crippen molar-refractivity contribution in [2.24, 2.45) is 0 Å². The van der Waals surface area contributed by atoms with E-state index < -0.39 is 10.0 Å². The van der Waals surface area contributed by atoms with Gasteiger partial charge in [0.15, 0.2) is 0 Å². The second kappa shape index (κ2) is 5.95. The number of rotatable bonds is 5. The Morgan fingerprint density at radius 1 is 1.39 bits per heavy atom. The molecule has 0 spiro atoms. The van der Waals surface area contributed by atoms with Crippen molar-refractivity contribution in [1.82, 2.24) is 4.31 Å². The summed E-state index contributed by atoms with van der Waals surface area (Å²) >= 11 is 1.66. The molecule has 1 rings (SSSR count). The van der Waals surface area contributed by atoms with Crippen LogP contribution in [-0.4, -0.2) is 32.1 Å². The molecular formula is C12H20N2O2S2. The summed E-state index contributed by atoms with van der Waals surface area (Å²) in [6.45, 7) is 4.23. The summed E-state index contributed by atoms with van der Waals surface area (Å²) in [6.07, 6.45) is 1.04. The van der Waals surface area contributed by atoms with Gasteiger partial charge < -0.3 is 5.73 Å². The lowest BCUT2D eigenvalue weighted by Gasteiger charge is -2.14. The molecule has 0 saturated carbocycles. The Bertz CT molecular complexity index is 513. The second-order valence-electron chi connectivity index (χ2n) is 4.32. The van der Waals surface area contributed by atoms with Gasteiger partial charge in [0.25, 0.3) is 0 Å². The first-order chi connectivity index (χ1) is 8.28. The van der Waals surface area contributed by atoms with Gasteiger partial charge in [-0.25, -0.2) is 12.7 Å². The Balaban J connectivity index is 3.07. The van der Waals surface area contributed by atoms with E-state index in [1.165, 1.54) is 24.5 Å².